The van der Waals surface area contributed by atoms with E-state index in [1.165, 1.54) is 32.7 Å². The van der Waals surface area contributed by atoms with Crippen molar-refractivity contribution < 1.29 is 4.74 Å². The predicted octanol–water partition coefficient (Wildman–Crippen LogP) is 1.05. The highest BCUT2D eigenvalue weighted by Crippen LogP contribution is 2.18. The van der Waals surface area contributed by atoms with Crippen LogP contribution in [0.1, 0.15) is 20.8 Å². The van der Waals surface area contributed by atoms with Crippen LogP contribution in [0, 0.1) is 5.41 Å². The average molecular weight is 212 g/mol. The zero-order valence-electron chi connectivity index (χ0n) is 10.3. The molecule has 2 rings (SSSR count). The van der Waals surface area contributed by atoms with Crippen molar-refractivity contribution in [1.82, 2.24) is 9.80 Å². The molecule has 0 aromatic rings. The Labute approximate surface area is 93.4 Å². The maximum atomic E-state index is 5.24. The molecule has 0 atom stereocenters. The van der Waals surface area contributed by atoms with Crippen LogP contribution in [0.4, 0.5) is 0 Å². The molecule has 2 saturated heterocycles. The molecule has 0 radical (unpaired) electrons. The summed E-state index contributed by atoms with van der Waals surface area (Å²) >= 11 is 0. The summed E-state index contributed by atoms with van der Waals surface area (Å²) < 4.78 is 5.24. The molecule has 0 bridgehead atoms. The van der Waals surface area contributed by atoms with Crippen LogP contribution in [-0.4, -0.2) is 61.8 Å². The van der Waals surface area contributed by atoms with Gasteiger partial charge in [-0.05, 0) is 5.41 Å². The highest BCUT2D eigenvalue weighted by atomic mass is 16.5. The minimum atomic E-state index is 0.432. The van der Waals surface area contributed by atoms with Gasteiger partial charge in [0.25, 0.3) is 0 Å². The molecule has 0 amide bonds. The van der Waals surface area contributed by atoms with Crippen molar-refractivity contribution in [3.8, 4) is 0 Å². The highest BCUT2D eigenvalue weighted by molar-refractivity contribution is 4.83. The van der Waals surface area contributed by atoms with Gasteiger partial charge in [0.15, 0.2) is 0 Å². The summed E-state index contributed by atoms with van der Waals surface area (Å²) in [5.41, 5.74) is 0.432. The standard InChI is InChI=1S/C12H24N2O/c1-12(2,3)10-13-4-6-14(7-5-13)11-8-15-9-11/h11H,4-10H2,1-3H3. The number of ether oxygens (including phenoxy) is 1. The number of piperazine rings is 1. The van der Waals surface area contributed by atoms with E-state index in [4.69, 9.17) is 4.74 Å². The van der Waals surface area contributed by atoms with E-state index >= 15 is 0 Å². The van der Waals surface area contributed by atoms with Crippen molar-refractivity contribution in [1.29, 1.82) is 0 Å². The van der Waals surface area contributed by atoms with Crippen molar-refractivity contribution in [3.63, 3.8) is 0 Å². The van der Waals surface area contributed by atoms with Crippen molar-refractivity contribution in [2.24, 2.45) is 5.41 Å². The van der Waals surface area contributed by atoms with Gasteiger partial charge >= 0.3 is 0 Å². The topological polar surface area (TPSA) is 15.7 Å². The molecule has 2 aliphatic rings. The predicted molar refractivity (Wildman–Crippen MR) is 62.1 cm³/mol. The first kappa shape index (κ1) is 11.4. The van der Waals surface area contributed by atoms with Crippen LogP contribution >= 0.6 is 0 Å². The van der Waals surface area contributed by atoms with Crippen molar-refractivity contribution in [2.75, 3.05) is 45.9 Å². The fraction of sp³-hybridized carbons (Fsp3) is 1.00. The molecule has 3 heteroatoms. The highest BCUT2D eigenvalue weighted by Gasteiger charge is 2.29. The first-order valence-electron chi connectivity index (χ1n) is 6.09. The van der Waals surface area contributed by atoms with E-state index in [0.29, 0.717) is 5.41 Å². The third-order valence-corrected chi connectivity index (χ3v) is 3.24. The fourth-order valence-corrected chi connectivity index (χ4v) is 2.39. The summed E-state index contributed by atoms with van der Waals surface area (Å²) in [5.74, 6) is 0. The number of hydrogen-bond acceptors (Lipinski definition) is 3. The molecule has 0 aromatic carbocycles. The van der Waals surface area contributed by atoms with E-state index < -0.39 is 0 Å². The lowest BCUT2D eigenvalue weighted by atomic mass is 9.95. The fourth-order valence-electron chi connectivity index (χ4n) is 2.39. The molecule has 2 aliphatic heterocycles. The van der Waals surface area contributed by atoms with Gasteiger partial charge in [0, 0.05) is 32.7 Å². The van der Waals surface area contributed by atoms with Gasteiger partial charge in [0.1, 0.15) is 0 Å². The molecule has 0 aliphatic carbocycles. The van der Waals surface area contributed by atoms with Crippen molar-refractivity contribution in [3.05, 3.63) is 0 Å². The summed E-state index contributed by atoms with van der Waals surface area (Å²) in [6, 6.07) is 0.724. The van der Waals surface area contributed by atoms with Crippen LogP contribution in [0.25, 0.3) is 0 Å². The Balaban J connectivity index is 1.72. The Bertz CT molecular complexity index is 200. The Morgan fingerprint density at radius 3 is 2.07 bits per heavy atom. The molecule has 0 spiro atoms. The van der Waals surface area contributed by atoms with Crippen LogP contribution in [0.15, 0.2) is 0 Å². The molecule has 88 valence electrons. The molecule has 0 N–H and O–H groups in total. The quantitative estimate of drug-likeness (QED) is 0.680. The Morgan fingerprint density at radius 2 is 1.67 bits per heavy atom. The first-order chi connectivity index (χ1) is 7.04. The zero-order chi connectivity index (χ0) is 10.9. The molecule has 3 nitrogen and oxygen atoms in total. The Kier molecular flexibility index (Phi) is 3.33. The third kappa shape index (κ3) is 3.16. The molecule has 0 unspecified atom stereocenters. The van der Waals surface area contributed by atoms with Gasteiger partial charge in [-0.25, -0.2) is 0 Å². The van der Waals surface area contributed by atoms with Crippen LogP contribution in [0.3, 0.4) is 0 Å². The van der Waals surface area contributed by atoms with E-state index in [9.17, 15) is 0 Å². The normalized spacial score (nSPS) is 26.6. The molecule has 2 heterocycles. The molecular formula is C12H24N2O. The maximum absolute atomic E-state index is 5.24. The summed E-state index contributed by atoms with van der Waals surface area (Å²) in [4.78, 5) is 5.18. The average Bonchev–Trinajstić information content (AvgIpc) is 2.02. The lowest BCUT2D eigenvalue weighted by Gasteiger charge is -2.43. The van der Waals surface area contributed by atoms with Gasteiger partial charge < -0.3 is 9.64 Å². The van der Waals surface area contributed by atoms with E-state index in [0.717, 1.165) is 19.3 Å². The first-order valence-corrected chi connectivity index (χ1v) is 6.09. The largest absolute Gasteiger partial charge is 0.378 e. The molecular weight excluding hydrogens is 188 g/mol. The maximum Gasteiger partial charge on any atom is 0.0645 e. The van der Waals surface area contributed by atoms with E-state index in [-0.39, 0.29) is 0 Å². The van der Waals surface area contributed by atoms with Crippen LogP contribution in [-0.2, 0) is 4.74 Å². The summed E-state index contributed by atoms with van der Waals surface area (Å²) in [6.07, 6.45) is 0. The van der Waals surface area contributed by atoms with E-state index in [1.54, 1.807) is 0 Å². The van der Waals surface area contributed by atoms with Crippen molar-refractivity contribution in [2.45, 2.75) is 26.8 Å². The van der Waals surface area contributed by atoms with Gasteiger partial charge in [-0.2, -0.15) is 0 Å². The third-order valence-electron chi connectivity index (χ3n) is 3.24. The zero-order valence-corrected chi connectivity index (χ0v) is 10.3. The van der Waals surface area contributed by atoms with Crippen LogP contribution in [0.5, 0.6) is 0 Å². The minimum Gasteiger partial charge on any atom is -0.378 e. The van der Waals surface area contributed by atoms with E-state index in [2.05, 4.69) is 30.6 Å². The van der Waals surface area contributed by atoms with Gasteiger partial charge in [0.05, 0.1) is 19.3 Å². The van der Waals surface area contributed by atoms with Gasteiger partial charge in [0.2, 0.25) is 0 Å². The summed E-state index contributed by atoms with van der Waals surface area (Å²) in [7, 11) is 0. The Morgan fingerprint density at radius 1 is 1.07 bits per heavy atom. The lowest BCUT2D eigenvalue weighted by Crippen LogP contribution is -2.57. The summed E-state index contributed by atoms with van der Waals surface area (Å²) in [5, 5.41) is 0. The molecule has 15 heavy (non-hydrogen) atoms. The van der Waals surface area contributed by atoms with Gasteiger partial charge in [-0.3, -0.25) is 4.90 Å². The van der Waals surface area contributed by atoms with Crippen LogP contribution in [0.2, 0.25) is 0 Å². The monoisotopic (exact) mass is 212 g/mol. The second kappa shape index (κ2) is 4.40. The SMILES string of the molecule is CC(C)(C)CN1CCN(C2COC2)CC1. The number of rotatable bonds is 2. The smallest absolute Gasteiger partial charge is 0.0645 e. The lowest BCUT2D eigenvalue weighted by molar-refractivity contribution is -0.0783. The Hall–Kier alpha value is -0.120. The number of hydrogen-bond donors (Lipinski definition) is 0. The number of nitrogens with zero attached hydrogens (tertiary/aromatic N) is 2. The molecule has 0 aromatic heterocycles. The minimum absolute atomic E-state index is 0.432. The van der Waals surface area contributed by atoms with E-state index in [1.807, 2.05) is 0 Å². The second-order valence-electron chi connectivity index (χ2n) is 6.06. The van der Waals surface area contributed by atoms with Crippen LogP contribution < -0.4 is 0 Å². The van der Waals surface area contributed by atoms with Gasteiger partial charge in [-0.1, -0.05) is 20.8 Å². The molecule has 0 saturated carbocycles. The summed E-state index contributed by atoms with van der Waals surface area (Å²) in [6.45, 7) is 15.0. The van der Waals surface area contributed by atoms with Crippen molar-refractivity contribution >= 4 is 0 Å². The second-order valence-corrected chi connectivity index (χ2v) is 6.06. The molecule has 2 fully saturated rings. The van der Waals surface area contributed by atoms with Gasteiger partial charge in [-0.15, -0.1) is 0 Å².